The number of hydrogen-bond acceptors (Lipinski definition) is 5. The summed E-state index contributed by atoms with van der Waals surface area (Å²) in [5.41, 5.74) is 6.82. The lowest BCUT2D eigenvalue weighted by Gasteiger charge is -2.13. The molecule has 0 aliphatic heterocycles. The van der Waals surface area contributed by atoms with Crippen LogP contribution in [0.2, 0.25) is 0 Å². The normalized spacial score (nSPS) is 10.5. The molecule has 3 aromatic rings. The van der Waals surface area contributed by atoms with Crippen LogP contribution in [0.3, 0.4) is 0 Å². The molecule has 8 heteroatoms. The first-order valence-corrected chi connectivity index (χ1v) is 9.99. The van der Waals surface area contributed by atoms with Crippen molar-refractivity contribution in [3.8, 4) is 16.9 Å². The molecule has 0 aliphatic rings. The number of carbonyl (C=O) groups is 3. The quantitative estimate of drug-likeness (QED) is 0.481. The van der Waals surface area contributed by atoms with E-state index in [9.17, 15) is 19.5 Å². The molecule has 0 unspecified atom stereocenters. The second-order valence-corrected chi connectivity index (χ2v) is 7.29. The Kier molecular flexibility index (Phi) is 7.40. The zero-order chi connectivity index (χ0) is 24.0. The number of carboxylic acids is 1. The molecule has 0 aliphatic carbocycles. The van der Waals surface area contributed by atoms with Gasteiger partial charge in [0.15, 0.2) is 0 Å². The summed E-state index contributed by atoms with van der Waals surface area (Å²) < 4.78 is 25.6. The van der Waals surface area contributed by atoms with Gasteiger partial charge < -0.3 is 20.3 Å². The number of primary amides is 1. The number of ether oxygens (including phenoxy) is 2. The highest BCUT2D eigenvalue weighted by Crippen LogP contribution is 2.28. The first kappa shape index (κ1) is 23.5. The first-order chi connectivity index (χ1) is 15.8. The minimum absolute atomic E-state index is 0.0188. The number of rotatable bonds is 9. The van der Waals surface area contributed by atoms with E-state index in [1.807, 2.05) is 0 Å². The van der Waals surface area contributed by atoms with Crippen LogP contribution in [0.25, 0.3) is 11.1 Å². The maximum atomic E-state index is 15.0. The molecule has 0 radical (unpaired) electrons. The van der Waals surface area contributed by atoms with Crippen LogP contribution in [0.4, 0.5) is 4.39 Å². The number of carboxylic acid groups (broad SMARTS) is 1. The highest BCUT2D eigenvalue weighted by Gasteiger charge is 2.16. The summed E-state index contributed by atoms with van der Waals surface area (Å²) in [7, 11) is 1.29. The smallest absolute Gasteiger partial charge is 0.335 e. The van der Waals surface area contributed by atoms with Crippen molar-refractivity contribution in [2.24, 2.45) is 5.73 Å². The van der Waals surface area contributed by atoms with E-state index in [0.29, 0.717) is 22.4 Å². The highest BCUT2D eigenvalue weighted by molar-refractivity contribution is 5.90. The van der Waals surface area contributed by atoms with Gasteiger partial charge in [-0.2, -0.15) is 0 Å². The summed E-state index contributed by atoms with van der Waals surface area (Å²) in [5.74, 6) is -2.48. The molecule has 33 heavy (non-hydrogen) atoms. The van der Waals surface area contributed by atoms with E-state index < -0.39 is 23.7 Å². The average molecular weight is 451 g/mol. The number of amides is 1. The molecular weight excluding hydrogens is 429 g/mol. The van der Waals surface area contributed by atoms with Crippen LogP contribution in [0.1, 0.15) is 27.0 Å². The van der Waals surface area contributed by atoms with Crippen LogP contribution in [-0.4, -0.2) is 30.1 Å². The van der Waals surface area contributed by atoms with E-state index in [1.54, 1.807) is 36.4 Å². The van der Waals surface area contributed by atoms with Gasteiger partial charge in [0.25, 0.3) is 0 Å². The Hall–Kier alpha value is -4.20. The third-order valence-electron chi connectivity index (χ3n) is 4.92. The number of nitrogens with two attached hydrogens (primary N) is 1. The minimum Gasteiger partial charge on any atom is -0.489 e. The van der Waals surface area contributed by atoms with Gasteiger partial charge in [-0.25, -0.2) is 9.18 Å². The average Bonchev–Trinajstić information content (AvgIpc) is 2.79. The summed E-state index contributed by atoms with van der Waals surface area (Å²) in [4.78, 5) is 34.5. The first-order valence-electron chi connectivity index (χ1n) is 9.99. The number of methoxy groups -OCH3 is 1. The van der Waals surface area contributed by atoms with Crippen LogP contribution in [-0.2, 0) is 33.8 Å². The molecule has 3 rings (SSSR count). The van der Waals surface area contributed by atoms with Gasteiger partial charge >= 0.3 is 11.9 Å². The summed E-state index contributed by atoms with van der Waals surface area (Å²) >= 11 is 0. The van der Waals surface area contributed by atoms with Crippen molar-refractivity contribution in [1.82, 2.24) is 0 Å². The van der Waals surface area contributed by atoms with Crippen molar-refractivity contribution in [3.63, 3.8) is 0 Å². The van der Waals surface area contributed by atoms with Gasteiger partial charge in [-0.1, -0.05) is 36.4 Å². The van der Waals surface area contributed by atoms with Gasteiger partial charge in [-0.15, -0.1) is 0 Å². The Balaban J connectivity index is 1.94. The van der Waals surface area contributed by atoms with Gasteiger partial charge in [0.05, 0.1) is 25.5 Å². The Morgan fingerprint density at radius 1 is 0.970 bits per heavy atom. The molecule has 0 atom stereocenters. The third kappa shape index (κ3) is 5.94. The summed E-state index contributed by atoms with van der Waals surface area (Å²) in [6.45, 7) is -0.0189. The molecule has 170 valence electrons. The lowest BCUT2D eigenvalue weighted by atomic mass is 9.97. The SMILES string of the molecule is COC(=O)Cc1ccccc1OCc1cc(C(=O)O)cc(-c2cccc(CC(N)=O)c2F)c1. The monoisotopic (exact) mass is 451 g/mol. The predicted molar refractivity (Wildman–Crippen MR) is 118 cm³/mol. The number of benzene rings is 3. The van der Waals surface area contributed by atoms with E-state index in [0.717, 1.165) is 0 Å². The maximum Gasteiger partial charge on any atom is 0.335 e. The zero-order valence-electron chi connectivity index (χ0n) is 17.8. The third-order valence-corrected chi connectivity index (χ3v) is 4.92. The second-order valence-electron chi connectivity index (χ2n) is 7.29. The van der Waals surface area contributed by atoms with E-state index in [4.69, 9.17) is 15.2 Å². The number of aromatic carboxylic acids is 1. The number of hydrogen-bond donors (Lipinski definition) is 2. The van der Waals surface area contributed by atoms with Crippen LogP contribution in [0.15, 0.2) is 60.7 Å². The Morgan fingerprint density at radius 3 is 2.39 bits per heavy atom. The summed E-state index contributed by atoms with van der Waals surface area (Å²) in [5, 5.41) is 9.53. The number of halogens is 1. The fourth-order valence-corrected chi connectivity index (χ4v) is 3.36. The van der Waals surface area contributed by atoms with Crippen molar-refractivity contribution in [2.75, 3.05) is 7.11 Å². The standard InChI is InChI=1S/C25H22FNO6/c1-32-23(29)13-16-5-2-3-8-21(16)33-14-15-9-18(11-19(10-15)25(30)31)20-7-4-6-17(24(20)26)12-22(27)28/h2-11H,12-14H2,1H3,(H2,27,28)(H,30,31). The van der Waals surface area contributed by atoms with Crippen molar-refractivity contribution in [3.05, 3.63) is 88.7 Å². The van der Waals surface area contributed by atoms with Gasteiger partial charge in [0.1, 0.15) is 18.2 Å². The molecule has 0 aromatic heterocycles. The Morgan fingerprint density at radius 2 is 1.70 bits per heavy atom. The molecule has 0 fully saturated rings. The molecule has 0 heterocycles. The molecule has 3 aromatic carbocycles. The molecule has 1 amide bonds. The van der Waals surface area contributed by atoms with E-state index in [2.05, 4.69) is 0 Å². The van der Waals surface area contributed by atoms with Gasteiger partial charge in [0.2, 0.25) is 5.91 Å². The molecule has 7 nitrogen and oxygen atoms in total. The van der Waals surface area contributed by atoms with Crippen LogP contribution in [0.5, 0.6) is 5.75 Å². The minimum atomic E-state index is -1.18. The maximum absolute atomic E-state index is 15.0. The summed E-state index contributed by atoms with van der Waals surface area (Å²) in [6, 6.07) is 15.8. The van der Waals surface area contributed by atoms with E-state index in [-0.39, 0.29) is 36.1 Å². The van der Waals surface area contributed by atoms with Gasteiger partial charge in [-0.05, 0) is 41.0 Å². The number of para-hydroxylation sites is 1. The van der Waals surface area contributed by atoms with Gasteiger partial charge in [-0.3, -0.25) is 9.59 Å². The van der Waals surface area contributed by atoms with Crippen molar-refractivity contribution < 1.29 is 33.4 Å². The molecular formula is C25H22FNO6. The van der Waals surface area contributed by atoms with Crippen LogP contribution in [0, 0.1) is 5.82 Å². The van der Waals surface area contributed by atoms with Crippen LogP contribution < -0.4 is 10.5 Å². The van der Waals surface area contributed by atoms with Crippen molar-refractivity contribution in [1.29, 1.82) is 0 Å². The molecule has 3 N–H and O–H groups in total. The van der Waals surface area contributed by atoms with Crippen molar-refractivity contribution in [2.45, 2.75) is 19.4 Å². The Bertz CT molecular complexity index is 1210. The fraction of sp³-hybridized carbons (Fsp3) is 0.160. The van der Waals surface area contributed by atoms with Gasteiger partial charge in [0, 0.05) is 11.1 Å². The van der Waals surface area contributed by atoms with Crippen LogP contribution >= 0.6 is 0 Å². The van der Waals surface area contributed by atoms with E-state index in [1.165, 1.54) is 31.4 Å². The zero-order valence-corrected chi connectivity index (χ0v) is 17.8. The highest BCUT2D eigenvalue weighted by atomic mass is 19.1. The fourth-order valence-electron chi connectivity index (χ4n) is 3.36. The van der Waals surface area contributed by atoms with Crippen molar-refractivity contribution >= 4 is 17.8 Å². The predicted octanol–water partition coefficient (Wildman–Crippen LogP) is 3.51. The second kappa shape index (κ2) is 10.4. The number of esters is 1. The molecule has 0 spiro atoms. The summed E-state index contributed by atoms with van der Waals surface area (Å²) in [6.07, 6.45) is -0.254. The largest absolute Gasteiger partial charge is 0.489 e. The molecule has 0 saturated carbocycles. The topological polar surface area (TPSA) is 116 Å². The lowest BCUT2D eigenvalue weighted by Crippen LogP contribution is -2.14. The Labute approximate surface area is 189 Å². The van der Waals surface area contributed by atoms with E-state index >= 15 is 4.39 Å². The molecule has 0 saturated heterocycles. The lowest BCUT2D eigenvalue weighted by molar-refractivity contribution is -0.139. The number of carbonyl (C=O) groups excluding carboxylic acids is 2. The molecule has 0 bridgehead atoms.